The lowest BCUT2D eigenvalue weighted by Crippen LogP contribution is -2.46. The fraction of sp³-hybridized carbons (Fsp3) is 0.385. The summed E-state index contributed by atoms with van der Waals surface area (Å²) in [5.41, 5.74) is 6.87. The van der Waals surface area contributed by atoms with E-state index in [1.165, 1.54) is 7.11 Å². The molecule has 0 saturated heterocycles. The molecule has 0 aliphatic carbocycles. The number of methoxy groups -OCH3 is 1. The van der Waals surface area contributed by atoms with E-state index in [1.54, 1.807) is 6.07 Å². The van der Waals surface area contributed by atoms with Crippen LogP contribution in [-0.2, 0) is 14.4 Å². The van der Waals surface area contributed by atoms with Crippen LogP contribution in [-0.4, -0.2) is 30.9 Å². The van der Waals surface area contributed by atoms with Gasteiger partial charge in [-0.1, -0.05) is 22.8 Å². The second-order valence-electron chi connectivity index (χ2n) is 4.46. The molecule has 19 heavy (non-hydrogen) atoms. The third kappa shape index (κ3) is 2.43. The van der Waals surface area contributed by atoms with Crippen molar-refractivity contribution in [1.82, 2.24) is 0 Å². The Kier molecular flexibility index (Phi) is 3.78. The minimum Gasteiger partial charge on any atom is -0.466 e. The van der Waals surface area contributed by atoms with E-state index in [9.17, 15) is 4.79 Å². The number of ether oxygens (including phenoxy) is 1. The monoisotopic (exact) mass is 282 g/mol. The molecule has 5 nitrogen and oxygen atoms in total. The van der Waals surface area contributed by atoms with Gasteiger partial charge in [-0.05, 0) is 30.2 Å². The molecule has 102 valence electrons. The smallest absolute Gasteiger partial charge is 0.354 e. The maximum Gasteiger partial charge on any atom is 0.354 e. The summed E-state index contributed by atoms with van der Waals surface area (Å²) < 4.78 is 4.72. The molecule has 1 aromatic rings. The van der Waals surface area contributed by atoms with Crippen LogP contribution in [0.4, 0.5) is 0 Å². The molecule has 1 aliphatic heterocycles. The Morgan fingerprint density at radius 3 is 2.95 bits per heavy atom. The van der Waals surface area contributed by atoms with E-state index in [1.807, 2.05) is 19.1 Å². The van der Waals surface area contributed by atoms with Crippen LogP contribution in [0.3, 0.4) is 0 Å². The van der Waals surface area contributed by atoms with Crippen molar-refractivity contribution in [1.29, 1.82) is 0 Å². The van der Waals surface area contributed by atoms with Gasteiger partial charge in [0.25, 0.3) is 5.60 Å². The average Bonchev–Trinajstić information content (AvgIpc) is 2.86. The van der Waals surface area contributed by atoms with Crippen LogP contribution in [0.2, 0.25) is 5.02 Å². The number of halogens is 1. The maximum absolute atomic E-state index is 11.7. The van der Waals surface area contributed by atoms with Gasteiger partial charge in [0.1, 0.15) is 0 Å². The predicted molar refractivity (Wildman–Crippen MR) is 72.2 cm³/mol. The lowest BCUT2D eigenvalue weighted by Gasteiger charge is -2.21. The van der Waals surface area contributed by atoms with Crippen molar-refractivity contribution in [3.8, 4) is 0 Å². The number of rotatable bonds is 3. The van der Waals surface area contributed by atoms with Crippen LogP contribution in [0.5, 0.6) is 0 Å². The Morgan fingerprint density at radius 1 is 1.63 bits per heavy atom. The van der Waals surface area contributed by atoms with Gasteiger partial charge in [0.15, 0.2) is 0 Å². The number of oxime groups is 1. The maximum atomic E-state index is 11.7. The van der Waals surface area contributed by atoms with Gasteiger partial charge in [-0.3, -0.25) is 0 Å². The standard InChI is InChI=1S/C13H15ClN2O3/c1-8-5-9(3-4-10(8)14)11-6-13(7-15,19-16-11)12(17)18-2/h3-5H,6-7,15H2,1-2H3. The summed E-state index contributed by atoms with van der Waals surface area (Å²) >= 11 is 5.98. The Hall–Kier alpha value is -1.59. The highest BCUT2D eigenvalue weighted by Gasteiger charge is 2.47. The number of hydrogen-bond donors (Lipinski definition) is 1. The fourth-order valence-electron chi connectivity index (χ4n) is 1.94. The number of nitrogens with zero attached hydrogens (tertiary/aromatic N) is 1. The van der Waals surface area contributed by atoms with Crippen LogP contribution >= 0.6 is 11.6 Å². The van der Waals surface area contributed by atoms with Crippen LogP contribution in [0, 0.1) is 6.92 Å². The lowest BCUT2D eigenvalue weighted by atomic mass is 9.94. The van der Waals surface area contributed by atoms with E-state index in [2.05, 4.69) is 5.16 Å². The van der Waals surface area contributed by atoms with Gasteiger partial charge in [-0.25, -0.2) is 4.79 Å². The summed E-state index contributed by atoms with van der Waals surface area (Å²) in [6.07, 6.45) is 0.289. The summed E-state index contributed by atoms with van der Waals surface area (Å²) in [5, 5.41) is 4.64. The van der Waals surface area contributed by atoms with Gasteiger partial charge in [-0.15, -0.1) is 0 Å². The molecule has 0 amide bonds. The first-order valence-corrected chi connectivity index (χ1v) is 6.20. The zero-order valence-electron chi connectivity index (χ0n) is 10.8. The van der Waals surface area contributed by atoms with Crippen molar-refractivity contribution < 1.29 is 14.4 Å². The number of carbonyl (C=O) groups is 1. The summed E-state index contributed by atoms with van der Waals surface area (Å²) in [5.74, 6) is -0.514. The molecule has 2 rings (SSSR count). The summed E-state index contributed by atoms with van der Waals surface area (Å²) in [6.45, 7) is 1.91. The number of carbonyl (C=O) groups excluding carboxylic acids is 1. The van der Waals surface area contributed by atoms with Crippen LogP contribution < -0.4 is 5.73 Å². The van der Waals surface area contributed by atoms with Gasteiger partial charge in [0, 0.05) is 18.0 Å². The van der Waals surface area contributed by atoms with Crippen molar-refractivity contribution in [2.45, 2.75) is 18.9 Å². The molecular formula is C13H15ClN2O3. The number of hydrogen-bond acceptors (Lipinski definition) is 5. The molecule has 1 heterocycles. The molecular weight excluding hydrogens is 268 g/mol. The first-order chi connectivity index (χ1) is 9.02. The van der Waals surface area contributed by atoms with Crippen LogP contribution in [0.1, 0.15) is 17.5 Å². The lowest BCUT2D eigenvalue weighted by molar-refractivity contribution is -0.165. The van der Waals surface area contributed by atoms with Gasteiger partial charge < -0.3 is 15.3 Å². The minimum absolute atomic E-state index is 0.0131. The Balaban J connectivity index is 2.25. The van der Waals surface area contributed by atoms with Gasteiger partial charge in [-0.2, -0.15) is 0 Å². The predicted octanol–water partition coefficient (Wildman–Crippen LogP) is 1.64. The Labute approximate surface area is 116 Å². The molecule has 0 spiro atoms. The molecule has 2 N–H and O–H groups in total. The first kappa shape index (κ1) is 13.8. The van der Waals surface area contributed by atoms with Crippen molar-refractivity contribution in [3.63, 3.8) is 0 Å². The van der Waals surface area contributed by atoms with Crippen LogP contribution in [0.25, 0.3) is 0 Å². The van der Waals surface area contributed by atoms with Gasteiger partial charge in [0.2, 0.25) is 0 Å². The molecule has 1 atom stereocenters. The van der Waals surface area contributed by atoms with Gasteiger partial charge in [0.05, 0.1) is 12.8 Å². The zero-order valence-corrected chi connectivity index (χ0v) is 11.5. The van der Waals surface area contributed by atoms with E-state index in [0.29, 0.717) is 10.7 Å². The number of aryl methyl sites for hydroxylation is 1. The number of nitrogens with two attached hydrogens (primary N) is 1. The molecule has 0 aromatic heterocycles. The zero-order chi connectivity index (χ0) is 14.0. The largest absolute Gasteiger partial charge is 0.466 e. The molecule has 0 saturated carbocycles. The first-order valence-electron chi connectivity index (χ1n) is 5.82. The summed E-state index contributed by atoms with van der Waals surface area (Å²) in [4.78, 5) is 17.0. The topological polar surface area (TPSA) is 73.9 Å². The molecule has 0 radical (unpaired) electrons. The summed E-state index contributed by atoms with van der Waals surface area (Å²) in [6, 6.07) is 5.52. The van der Waals surface area contributed by atoms with Crippen molar-refractivity contribution >= 4 is 23.3 Å². The third-order valence-corrected chi connectivity index (χ3v) is 3.59. The Bertz CT molecular complexity index is 545. The Morgan fingerprint density at radius 2 is 2.37 bits per heavy atom. The molecule has 0 fully saturated rings. The van der Waals surface area contributed by atoms with E-state index in [0.717, 1.165) is 11.1 Å². The molecule has 1 aromatic carbocycles. The quantitative estimate of drug-likeness (QED) is 0.856. The number of esters is 1. The highest BCUT2D eigenvalue weighted by atomic mass is 35.5. The average molecular weight is 283 g/mol. The minimum atomic E-state index is -1.21. The molecule has 1 unspecified atom stereocenters. The van der Waals surface area contributed by atoms with Crippen LogP contribution in [0.15, 0.2) is 23.4 Å². The number of benzene rings is 1. The third-order valence-electron chi connectivity index (χ3n) is 3.16. The van der Waals surface area contributed by atoms with E-state index in [4.69, 9.17) is 26.9 Å². The second kappa shape index (κ2) is 5.19. The normalized spacial score (nSPS) is 21.8. The molecule has 0 bridgehead atoms. The SMILES string of the molecule is COC(=O)C1(CN)CC(c2ccc(Cl)c(C)c2)=NO1. The highest BCUT2D eigenvalue weighted by Crippen LogP contribution is 2.28. The van der Waals surface area contributed by atoms with Crippen molar-refractivity contribution in [3.05, 3.63) is 34.3 Å². The fourth-order valence-corrected chi connectivity index (χ4v) is 2.06. The molecule has 1 aliphatic rings. The summed E-state index contributed by atoms with van der Waals surface area (Å²) in [7, 11) is 1.30. The highest BCUT2D eigenvalue weighted by molar-refractivity contribution is 6.31. The second-order valence-corrected chi connectivity index (χ2v) is 4.87. The van der Waals surface area contributed by atoms with Crippen molar-refractivity contribution in [2.75, 3.05) is 13.7 Å². The van der Waals surface area contributed by atoms with Gasteiger partial charge >= 0.3 is 5.97 Å². The van der Waals surface area contributed by atoms with E-state index < -0.39 is 11.6 Å². The van der Waals surface area contributed by atoms with E-state index in [-0.39, 0.29) is 13.0 Å². The van der Waals surface area contributed by atoms with E-state index >= 15 is 0 Å². The molecule has 6 heteroatoms. The van der Waals surface area contributed by atoms with Crippen molar-refractivity contribution in [2.24, 2.45) is 10.9 Å².